The molecule has 58 heavy (non-hydrogen) atoms. The van der Waals surface area contributed by atoms with Crippen LogP contribution in [0.25, 0.3) is 77.2 Å². The van der Waals surface area contributed by atoms with E-state index in [0.29, 0.717) is 22.5 Å². The normalized spacial score (nSPS) is 12.3. The number of hydrogen-bond donors (Lipinski definition) is 0. The van der Waals surface area contributed by atoms with E-state index in [9.17, 15) is 31.6 Å². The first-order valence-electron chi connectivity index (χ1n) is 18.6. The van der Waals surface area contributed by atoms with Crippen molar-refractivity contribution in [3.05, 3.63) is 166 Å². The molecule has 0 saturated carbocycles. The zero-order valence-corrected chi connectivity index (χ0v) is 31.7. The lowest BCUT2D eigenvalue weighted by Crippen LogP contribution is -2.11. The van der Waals surface area contributed by atoms with Crippen LogP contribution in [-0.2, 0) is 12.4 Å². The Morgan fingerprint density at radius 2 is 0.879 bits per heavy atom. The lowest BCUT2D eigenvalue weighted by molar-refractivity contribution is -0.143. The summed E-state index contributed by atoms with van der Waals surface area (Å²) < 4.78 is 89.4. The fraction of sp³-hybridized carbons (Fsp3) is 0.122. The summed E-state index contributed by atoms with van der Waals surface area (Å²) >= 11 is 0. The smallest absolute Gasteiger partial charge is 0.309 e. The molecule has 0 amide bonds. The van der Waals surface area contributed by atoms with Crippen LogP contribution in [0.3, 0.4) is 0 Å². The summed E-state index contributed by atoms with van der Waals surface area (Å²) in [6.45, 7) is 8.05. The number of nitriles is 1. The van der Waals surface area contributed by atoms with Gasteiger partial charge in [0, 0.05) is 32.7 Å². The molecule has 9 heteroatoms. The van der Waals surface area contributed by atoms with E-state index in [-0.39, 0.29) is 22.8 Å². The van der Waals surface area contributed by atoms with E-state index in [0.717, 1.165) is 78.0 Å². The van der Waals surface area contributed by atoms with E-state index in [1.165, 1.54) is 0 Å². The molecule has 0 aliphatic rings. The van der Waals surface area contributed by atoms with E-state index in [1.54, 1.807) is 30.3 Å². The maximum atomic E-state index is 14.2. The van der Waals surface area contributed by atoms with E-state index in [1.807, 2.05) is 82.3 Å². The standard InChI is InChI=1S/C49H33F6N3/c1-27-8-13-41-36(18-27)37-19-28(2)9-14-42(37)57(41)45-17-12-31(33-22-34(48(50,51)52)25-35(23-33)49(53,54)55)24-40(45)47-32(26-56)6-5-7-46(47)58-43-15-10-29(3)20-38(43)39-21-30(4)11-16-44(39)58/h5-25H,1-4H3. The molecule has 9 aromatic rings. The second kappa shape index (κ2) is 13.1. The van der Waals surface area contributed by atoms with E-state index < -0.39 is 23.5 Å². The van der Waals surface area contributed by atoms with Gasteiger partial charge in [0.15, 0.2) is 0 Å². The van der Waals surface area contributed by atoms with Crippen molar-refractivity contribution in [1.82, 2.24) is 9.13 Å². The number of fused-ring (bicyclic) bond motifs is 6. The minimum Gasteiger partial charge on any atom is -0.309 e. The van der Waals surface area contributed by atoms with Crippen molar-refractivity contribution in [2.45, 2.75) is 40.0 Å². The average Bonchev–Trinajstić information content (AvgIpc) is 3.67. The molecular formula is C49H33F6N3. The van der Waals surface area contributed by atoms with Crippen molar-refractivity contribution in [2.24, 2.45) is 0 Å². The fourth-order valence-electron chi connectivity index (χ4n) is 8.36. The second-order valence-corrected chi connectivity index (χ2v) is 15.1. The third-order valence-corrected chi connectivity index (χ3v) is 11.0. The fourth-order valence-corrected chi connectivity index (χ4v) is 8.36. The number of benzene rings is 7. The molecule has 0 N–H and O–H groups in total. The predicted octanol–water partition coefficient (Wildman–Crippen LogP) is 14.4. The lowest BCUT2D eigenvalue weighted by atomic mass is 9.91. The van der Waals surface area contributed by atoms with Crippen molar-refractivity contribution >= 4 is 43.6 Å². The zero-order valence-electron chi connectivity index (χ0n) is 31.7. The van der Waals surface area contributed by atoms with Crippen molar-refractivity contribution < 1.29 is 26.3 Å². The molecule has 3 nitrogen and oxygen atoms in total. The Hall–Kier alpha value is -6.79. The van der Waals surface area contributed by atoms with Crippen molar-refractivity contribution in [2.75, 3.05) is 0 Å². The predicted molar refractivity (Wildman–Crippen MR) is 220 cm³/mol. The largest absolute Gasteiger partial charge is 0.416 e. The second-order valence-electron chi connectivity index (χ2n) is 15.1. The number of rotatable bonds is 4. The SMILES string of the molecule is Cc1ccc2c(c1)c1cc(C)ccc1n2-c1ccc(-c2cc(C(F)(F)F)cc(C(F)(F)F)c2)cc1-c1c(C#N)cccc1-n1c2ccc(C)cc2c2cc(C)ccc21. The summed E-state index contributed by atoms with van der Waals surface area (Å²) in [6.07, 6.45) is -10.1. The van der Waals surface area contributed by atoms with Crippen molar-refractivity contribution in [3.8, 4) is 39.7 Å². The Morgan fingerprint density at radius 3 is 1.29 bits per heavy atom. The van der Waals surface area contributed by atoms with Gasteiger partial charge in [-0.1, -0.05) is 58.7 Å². The minimum absolute atomic E-state index is 0.120. The van der Waals surface area contributed by atoms with Gasteiger partial charge in [-0.2, -0.15) is 31.6 Å². The highest BCUT2D eigenvalue weighted by molar-refractivity contribution is 6.12. The van der Waals surface area contributed by atoms with Gasteiger partial charge in [-0.15, -0.1) is 0 Å². The number of halogens is 6. The molecule has 0 unspecified atom stereocenters. The Bertz CT molecular complexity index is 3060. The summed E-state index contributed by atoms with van der Waals surface area (Å²) in [5.41, 5.74) is 7.09. The summed E-state index contributed by atoms with van der Waals surface area (Å²) in [6, 6.07) is 38.8. The van der Waals surface area contributed by atoms with Crippen molar-refractivity contribution in [1.29, 1.82) is 5.26 Å². The van der Waals surface area contributed by atoms with Crippen LogP contribution in [-0.4, -0.2) is 9.13 Å². The first kappa shape index (κ1) is 36.8. The van der Waals surface area contributed by atoms with Gasteiger partial charge in [-0.05, 0) is 130 Å². The Balaban J connectivity index is 1.44. The van der Waals surface area contributed by atoms with Gasteiger partial charge in [-0.3, -0.25) is 0 Å². The number of hydrogen-bond acceptors (Lipinski definition) is 1. The number of aryl methyl sites for hydroxylation is 4. The van der Waals surface area contributed by atoms with Gasteiger partial charge < -0.3 is 9.13 Å². The summed E-state index contributed by atoms with van der Waals surface area (Å²) in [5.74, 6) is 0. The van der Waals surface area contributed by atoms with Gasteiger partial charge >= 0.3 is 12.4 Å². The van der Waals surface area contributed by atoms with Gasteiger partial charge in [0.25, 0.3) is 0 Å². The first-order valence-corrected chi connectivity index (χ1v) is 18.6. The maximum absolute atomic E-state index is 14.2. The zero-order chi connectivity index (χ0) is 40.8. The number of nitrogens with zero attached hydrogens (tertiary/aromatic N) is 3. The molecule has 0 bridgehead atoms. The van der Waals surface area contributed by atoms with E-state index in [4.69, 9.17) is 0 Å². The molecule has 0 spiro atoms. The average molecular weight is 778 g/mol. The molecule has 0 aliphatic heterocycles. The number of alkyl halides is 6. The Morgan fingerprint density at radius 1 is 0.448 bits per heavy atom. The monoisotopic (exact) mass is 777 g/mol. The molecule has 2 heterocycles. The van der Waals surface area contributed by atoms with Crippen LogP contribution in [0.15, 0.2) is 127 Å². The lowest BCUT2D eigenvalue weighted by Gasteiger charge is -2.21. The molecule has 2 aromatic heterocycles. The van der Waals surface area contributed by atoms with Crippen LogP contribution in [0, 0.1) is 39.0 Å². The van der Waals surface area contributed by atoms with Crippen LogP contribution < -0.4 is 0 Å². The van der Waals surface area contributed by atoms with Gasteiger partial charge in [0.2, 0.25) is 0 Å². The van der Waals surface area contributed by atoms with Crippen LogP contribution in [0.4, 0.5) is 26.3 Å². The highest BCUT2D eigenvalue weighted by Crippen LogP contribution is 2.45. The number of aromatic nitrogens is 2. The van der Waals surface area contributed by atoms with Crippen LogP contribution in [0.1, 0.15) is 38.9 Å². The van der Waals surface area contributed by atoms with Crippen LogP contribution in [0.5, 0.6) is 0 Å². The quantitative estimate of drug-likeness (QED) is 0.164. The summed E-state index contributed by atoms with van der Waals surface area (Å²) in [4.78, 5) is 0. The maximum Gasteiger partial charge on any atom is 0.416 e. The topological polar surface area (TPSA) is 33.6 Å². The van der Waals surface area contributed by atoms with Gasteiger partial charge in [0.05, 0.1) is 56.2 Å². The first-order chi connectivity index (χ1) is 27.6. The molecule has 7 aromatic carbocycles. The molecular weight excluding hydrogens is 745 g/mol. The molecule has 0 atom stereocenters. The highest BCUT2D eigenvalue weighted by atomic mass is 19.4. The molecule has 0 saturated heterocycles. The Kier molecular flexibility index (Phi) is 8.34. The third kappa shape index (κ3) is 5.99. The molecule has 0 radical (unpaired) electrons. The third-order valence-electron chi connectivity index (χ3n) is 11.0. The molecule has 0 fully saturated rings. The minimum atomic E-state index is -5.04. The van der Waals surface area contributed by atoms with Gasteiger partial charge in [0.1, 0.15) is 0 Å². The summed E-state index contributed by atoms with van der Waals surface area (Å²) in [7, 11) is 0. The van der Waals surface area contributed by atoms with Crippen LogP contribution >= 0.6 is 0 Å². The highest BCUT2D eigenvalue weighted by Gasteiger charge is 2.37. The molecule has 9 rings (SSSR count). The summed E-state index contributed by atoms with van der Waals surface area (Å²) in [5, 5.41) is 14.8. The van der Waals surface area contributed by atoms with Gasteiger partial charge in [-0.25, -0.2) is 0 Å². The van der Waals surface area contributed by atoms with Crippen LogP contribution in [0.2, 0.25) is 0 Å². The van der Waals surface area contributed by atoms with E-state index in [2.05, 4.69) is 39.5 Å². The Labute approximate surface area is 329 Å². The molecule has 286 valence electrons. The molecule has 0 aliphatic carbocycles. The van der Waals surface area contributed by atoms with E-state index >= 15 is 0 Å². The van der Waals surface area contributed by atoms with Crippen molar-refractivity contribution in [3.63, 3.8) is 0 Å².